The number of rotatable bonds is 7. The zero-order valence-corrected chi connectivity index (χ0v) is 25.1. The van der Waals surface area contributed by atoms with Crippen LogP contribution in [-0.4, -0.2) is 35.3 Å². The van der Waals surface area contributed by atoms with Gasteiger partial charge in [-0.15, -0.1) is 0 Å². The first kappa shape index (κ1) is 29.0. The van der Waals surface area contributed by atoms with Crippen LogP contribution in [0.5, 0.6) is 0 Å². The van der Waals surface area contributed by atoms with Crippen LogP contribution in [0.3, 0.4) is 0 Å². The third-order valence-corrected chi connectivity index (χ3v) is 7.59. The second-order valence-corrected chi connectivity index (χ2v) is 10.8. The SMILES string of the molecule is CC1=NN(c2ccccc2)C(=O)C1/N=N/c1ccc(-c2ccc(/N=N/C3C(=O)N(c4ccccc4)N=C3C)c(Cl)c2)cc1Cl. The average molecular weight is 624 g/mol. The van der Waals surface area contributed by atoms with E-state index in [0.717, 1.165) is 11.1 Å². The number of azo groups is 2. The molecule has 0 aromatic heterocycles. The van der Waals surface area contributed by atoms with Gasteiger partial charge in [0.2, 0.25) is 0 Å². The molecule has 12 heteroatoms. The van der Waals surface area contributed by atoms with Crippen molar-refractivity contribution in [2.75, 3.05) is 10.0 Å². The third kappa shape index (κ3) is 5.77. The fourth-order valence-corrected chi connectivity index (χ4v) is 5.10. The number of carbonyl (C=O) groups is 2. The lowest BCUT2D eigenvalue weighted by atomic mass is 10.0. The Labute approximate surface area is 263 Å². The third-order valence-electron chi connectivity index (χ3n) is 6.98. The Balaban J connectivity index is 1.14. The van der Waals surface area contributed by atoms with Gasteiger partial charge < -0.3 is 0 Å². The Bertz CT molecular complexity index is 1740. The van der Waals surface area contributed by atoms with Crippen LogP contribution in [0.1, 0.15) is 13.8 Å². The van der Waals surface area contributed by atoms with Crippen LogP contribution in [-0.2, 0) is 9.59 Å². The molecule has 44 heavy (non-hydrogen) atoms. The summed E-state index contributed by atoms with van der Waals surface area (Å²) in [5.74, 6) is -0.573. The maximum Gasteiger partial charge on any atom is 0.280 e. The minimum absolute atomic E-state index is 0.287. The summed E-state index contributed by atoms with van der Waals surface area (Å²) in [7, 11) is 0. The Morgan fingerprint density at radius 2 is 0.977 bits per heavy atom. The van der Waals surface area contributed by atoms with Gasteiger partial charge in [-0.05, 0) is 73.5 Å². The van der Waals surface area contributed by atoms with Crippen molar-refractivity contribution in [3.63, 3.8) is 0 Å². The normalized spacial score (nSPS) is 18.5. The van der Waals surface area contributed by atoms with Gasteiger partial charge in [-0.25, -0.2) is 0 Å². The molecule has 2 heterocycles. The van der Waals surface area contributed by atoms with Gasteiger partial charge in [0, 0.05) is 0 Å². The number of hydrogen-bond donors (Lipinski definition) is 0. The molecule has 0 saturated carbocycles. The lowest BCUT2D eigenvalue weighted by Gasteiger charge is -2.12. The van der Waals surface area contributed by atoms with Crippen LogP contribution in [0, 0.1) is 0 Å². The average Bonchev–Trinajstić information content (AvgIpc) is 3.49. The minimum atomic E-state index is -0.831. The summed E-state index contributed by atoms with van der Waals surface area (Å²) >= 11 is 13.1. The van der Waals surface area contributed by atoms with Crippen molar-refractivity contribution < 1.29 is 9.59 Å². The first-order valence-electron chi connectivity index (χ1n) is 13.6. The standard InChI is InChI=1S/C32H24Cl2N8O2/c1-19-29(31(43)41(39-19)23-9-5-3-6-10-23)37-35-27-15-13-21(17-25(27)33)22-14-16-28(26(34)18-22)36-38-30-20(2)40-42(32(30)44)24-11-7-4-8-12-24/h3-18,29-30H,1-2H3/b37-35+,38-36+. The van der Waals surface area contributed by atoms with Crippen molar-refractivity contribution in [2.24, 2.45) is 30.7 Å². The summed E-state index contributed by atoms with van der Waals surface area (Å²) in [5, 5.41) is 29.0. The van der Waals surface area contributed by atoms with Gasteiger partial charge in [-0.3, -0.25) is 9.59 Å². The molecule has 4 aromatic rings. The quantitative estimate of drug-likeness (QED) is 0.192. The Morgan fingerprint density at radius 3 is 1.34 bits per heavy atom. The van der Waals surface area contributed by atoms with E-state index in [0.29, 0.717) is 44.2 Å². The van der Waals surface area contributed by atoms with E-state index < -0.39 is 12.1 Å². The van der Waals surface area contributed by atoms with E-state index in [9.17, 15) is 9.59 Å². The largest absolute Gasteiger partial charge is 0.280 e. The molecule has 2 amide bonds. The number of anilines is 2. The summed E-state index contributed by atoms with van der Waals surface area (Å²) in [5.41, 5.74) is 4.80. The molecule has 0 saturated heterocycles. The minimum Gasteiger partial charge on any atom is -0.269 e. The summed E-state index contributed by atoms with van der Waals surface area (Å²) < 4.78 is 0. The number of benzene rings is 4. The summed E-state index contributed by atoms with van der Waals surface area (Å²) in [6.45, 7) is 3.48. The van der Waals surface area contributed by atoms with Crippen LogP contribution >= 0.6 is 23.2 Å². The maximum absolute atomic E-state index is 12.9. The zero-order valence-electron chi connectivity index (χ0n) is 23.5. The van der Waals surface area contributed by atoms with Gasteiger partial charge in [0.05, 0.1) is 32.8 Å². The topological polar surface area (TPSA) is 115 Å². The van der Waals surface area contributed by atoms with E-state index in [2.05, 4.69) is 30.7 Å². The summed E-state index contributed by atoms with van der Waals surface area (Å²) in [4.78, 5) is 25.8. The van der Waals surface area contributed by atoms with Crippen LogP contribution in [0.15, 0.2) is 128 Å². The van der Waals surface area contributed by atoms with Gasteiger partial charge in [0.15, 0.2) is 12.1 Å². The monoisotopic (exact) mass is 622 g/mol. The number of nitrogens with zero attached hydrogens (tertiary/aromatic N) is 8. The van der Waals surface area contributed by atoms with E-state index in [1.165, 1.54) is 10.0 Å². The predicted molar refractivity (Wildman–Crippen MR) is 173 cm³/mol. The molecule has 0 aliphatic carbocycles. The highest BCUT2D eigenvalue weighted by molar-refractivity contribution is 6.34. The molecule has 10 nitrogen and oxygen atoms in total. The predicted octanol–water partition coefficient (Wildman–Crippen LogP) is 8.41. The second kappa shape index (κ2) is 12.3. The molecule has 2 atom stereocenters. The zero-order chi connectivity index (χ0) is 30.8. The van der Waals surface area contributed by atoms with Gasteiger partial charge in [0.25, 0.3) is 11.8 Å². The van der Waals surface area contributed by atoms with E-state index >= 15 is 0 Å². The Kier molecular flexibility index (Phi) is 8.10. The maximum atomic E-state index is 12.9. The second-order valence-electron chi connectivity index (χ2n) is 10.0. The number of carbonyl (C=O) groups excluding carboxylic acids is 2. The van der Waals surface area contributed by atoms with Gasteiger partial charge in [0.1, 0.15) is 11.4 Å². The first-order valence-corrected chi connectivity index (χ1v) is 14.3. The number of hydrazone groups is 2. The van der Waals surface area contributed by atoms with E-state index in [-0.39, 0.29) is 11.8 Å². The molecule has 4 aromatic carbocycles. The smallest absolute Gasteiger partial charge is 0.269 e. The van der Waals surface area contributed by atoms with Crippen LogP contribution in [0.2, 0.25) is 10.0 Å². The van der Waals surface area contributed by atoms with Crippen molar-refractivity contribution in [3.8, 4) is 11.1 Å². The highest BCUT2D eigenvalue weighted by Gasteiger charge is 2.35. The molecule has 6 rings (SSSR count). The summed E-state index contributed by atoms with van der Waals surface area (Å²) in [6.07, 6.45) is 0. The van der Waals surface area contributed by atoms with Crippen molar-refractivity contribution in [1.82, 2.24) is 0 Å². The lowest BCUT2D eigenvalue weighted by Crippen LogP contribution is -2.29. The molecule has 2 aliphatic heterocycles. The fourth-order valence-electron chi connectivity index (χ4n) is 4.66. The molecular formula is C32H24Cl2N8O2. The lowest BCUT2D eigenvalue weighted by molar-refractivity contribution is -0.118. The molecule has 0 fully saturated rings. The van der Waals surface area contributed by atoms with Crippen molar-refractivity contribution in [2.45, 2.75) is 25.9 Å². The Hall–Kier alpha value is -5.06. The fraction of sp³-hybridized carbons (Fsp3) is 0.125. The van der Waals surface area contributed by atoms with Crippen molar-refractivity contribution in [1.29, 1.82) is 0 Å². The molecule has 0 radical (unpaired) electrons. The molecule has 0 bridgehead atoms. The molecule has 218 valence electrons. The van der Waals surface area contributed by atoms with Gasteiger partial charge >= 0.3 is 0 Å². The molecular weight excluding hydrogens is 599 g/mol. The number of para-hydroxylation sites is 2. The van der Waals surface area contributed by atoms with Crippen LogP contribution in [0.25, 0.3) is 11.1 Å². The number of amides is 2. The van der Waals surface area contributed by atoms with Crippen LogP contribution < -0.4 is 10.0 Å². The summed E-state index contributed by atoms with van der Waals surface area (Å²) in [6, 6.07) is 27.2. The Morgan fingerprint density at radius 1 is 0.591 bits per heavy atom. The highest BCUT2D eigenvalue weighted by Crippen LogP contribution is 2.35. The number of halogens is 2. The molecule has 2 aliphatic rings. The van der Waals surface area contributed by atoms with E-state index in [4.69, 9.17) is 23.2 Å². The van der Waals surface area contributed by atoms with Gasteiger partial charge in [-0.1, -0.05) is 71.7 Å². The molecule has 0 N–H and O–H groups in total. The van der Waals surface area contributed by atoms with Crippen molar-refractivity contribution >= 4 is 69.2 Å². The highest BCUT2D eigenvalue weighted by atomic mass is 35.5. The van der Waals surface area contributed by atoms with Crippen molar-refractivity contribution in [3.05, 3.63) is 107 Å². The molecule has 2 unspecified atom stereocenters. The van der Waals surface area contributed by atoms with Gasteiger partial charge in [-0.2, -0.15) is 40.7 Å². The van der Waals surface area contributed by atoms with E-state index in [1.54, 1.807) is 62.4 Å². The molecule has 0 spiro atoms. The number of hydrogen-bond acceptors (Lipinski definition) is 8. The first-order chi connectivity index (χ1) is 21.3. The van der Waals surface area contributed by atoms with E-state index in [1.807, 2.05) is 48.5 Å². The van der Waals surface area contributed by atoms with Crippen LogP contribution in [0.4, 0.5) is 22.7 Å².